The third kappa shape index (κ3) is 8.95. The number of guanidine groups is 1. The number of amides is 2. The van der Waals surface area contributed by atoms with Gasteiger partial charge in [-0.2, -0.15) is 0 Å². The summed E-state index contributed by atoms with van der Waals surface area (Å²) in [5, 5.41) is 10.4. The van der Waals surface area contributed by atoms with Gasteiger partial charge in [0.1, 0.15) is 0 Å². The standard InChI is InChI=1S/C32H38Cl2N6O2/c1-36-32(35)37-15-8-13-29-31(42)40(21-28(22-9-4-2-5-10-22)23-11-6-3-7-12-23)16-14-27(39-29)20-38-30(41)24-17-25(33)19-26(34)18-24/h2-7,9-12,17-19,27-29,39H,8,13-16,20-21H2,1H3,(H,38,41)(H3,35,36,37). The fourth-order valence-corrected chi connectivity index (χ4v) is 5.76. The number of rotatable bonds is 11. The van der Waals surface area contributed by atoms with Gasteiger partial charge in [-0.3, -0.25) is 14.6 Å². The Kier molecular flexibility index (Phi) is 11.6. The SMILES string of the molecule is CN=C(N)NCCCC1NC(CNC(=O)c2cc(Cl)cc(Cl)c2)CCN(CC(c2ccccc2)c2ccccc2)C1=O. The van der Waals surface area contributed by atoms with E-state index in [9.17, 15) is 9.59 Å². The third-order valence-corrected chi connectivity index (χ3v) is 7.89. The molecule has 0 aromatic heterocycles. The molecule has 8 nitrogen and oxygen atoms in total. The maximum absolute atomic E-state index is 14.0. The average Bonchev–Trinajstić information content (AvgIpc) is 3.15. The quantitative estimate of drug-likeness (QED) is 0.146. The van der Waals surface area contributed by atoms with Gasteiger partial charge < -0.3 is 26.6 Å². The Morgan fingerprint density at radius 2 is 1.64 bits per heavy atom. The van der Waals surface area contributed by atoms with Gasteiger partial charge in [0, 0.05) is 60.8 Å². The minimum atomic E-state index is -0.413. The molecule has 3 aromatic carbocycles. The lowest BCUT2D eigenvalue weighted by Gasteiger charge is -2.29. The predicted molar refractivity (Wildman–Crippen MR) is 170 cm³/mol. The molecule has 1 aliphatic rings. The normalized spacial score (nSPS) is 17.7. The Hall–Kier alpha value is -3.59. The highest BCUT2D eigenvalue weighted by Crippen LogP contribution is 2.27. The molecule has 1 heterocycles. The Bertz CT molecular complexity index is 1300. The van der Waals surface area contributed by atoms with Crippen LogP contribution in [0.15, 0.2) is 83.9 Å². The number of carbonyl (C=O) groups is 2. The lowest BCUT2D eigenvalue weighted by atomic mass is 9.90. The smallest absolute Gasteiger partial charge is 0.251 e. The molecule has 2 atom stereocenters. The molecule has 0 aliphatic carbocycles. The Labute approximate surface area is 257 Å². The van der Waals surface area contributed by atoms with E-state index in [1.807, 2.05) is 41.3 Å². The van der Waals surface area contributed by atoms with Gasteiger partial charge in [-0.1, -0.05) is 83.9 Å². The summed E-state index contributed by atoms with van der Waals surface area (Å²) >= 11 is 12.2. The van der Waals surface area contributed by atoms with Crippen molar-refractivity contribution in [1.29, 1.82) is 0 Å². The van der Waals surface area contributed by atoms with E-state index in [0.29, 0.717) is 67.0 Å². The number of carbonyl (C=O) groups excluding carboxylic acids is 2. The number of nitrogens with two attached hydrogens (primary N) is 1. The first-order valence-electron chi connectivity index (χ1n) is 14.2. The fraction of sp³-hybridized carbons (Fsp3) is 0.344. The molecule has 0 bridgehead atoms. The van der Waals surface area contributed by atoms with E-state index >= 15 is 0 Å². The summed E-state index contributed by atoms with van der Waals surface area (Å²) in [5.41, 5.74) is 8.49. The van der Waals surface area contributed by atoms with Crippen molar-refractivity contribution in [2.45, 2.75) is 37.3 Å². The molecule has 5 N–H and O–H groups in total. The van der Waals surface area contributed by atoms with Crippen molar-refractivity contribution in [1.82, 2.24) is 20.9 Å². The maximum atomic E-state index is 14.0. The summed E-state index contributed by atoms with van der Waals surface area (Å²) in [6.45, 7) is 2.08. The van der Waals surface area contributed by atoms with E-state index in [1.54, 1.807) is 25.2 Å². The van der Waals surface area contributed by atoms with Crippen molar-refractivity contribution in [3.05, 3.63) is 106 Å². The number of aliphatic imine (C=N–C) groups is 1. The molecule has 1 saturated heterocycles. The summed E-state index contributed by atoms with van der Waals surface area (Å²) in [5.74, 6) is 0.187. The van der Waals surface area contributed by atoms with Gasteiger partial charge >= 0.3 is 0 Å². The summed E-state index contributed by atoms with van der Waals surface area (Å²) < 4.78 is 0. The second-order valence-corrected chi connectivity index (χ2v) is 11.3. The number of halogens is 2. The largest absolute Gasteiger partial charge is 0.370 e. The molecule has 0 radical (unpaired) electrons. The molecule has 1 aliphatic heterocycles. The van der Waals surface area contributed by atoms with Crippen LogP contribution in [-0.2, 0) is 4.79 Å². The predicted octanol–water partition coefficient (Wildman–Crippen LogP) is 4.43. The zero-order valence-corrected chi connectivity index (χ0v) is 25.2. The summed E-state index contributed by atoms with van der Waals surface area (Å²) in [6, 6.07) is 24.8. The highest BCUT2D eigenvalue weighted by molar-refractivity contribution is 6.35. The van der Waals surface area contributed by atoms with Crippen LogP contribution in [0.1, 0.15) is 46.7 Å². The number of hydrogen-bond acceptors (Lipinski definition) is 4. The molecule has 10 heteroatoms. The molecule has 1 fully saturated rings. The van der Waals surface area contributed by atoms with Crippen LogP contribution >= 0.6 is 23.2 Å². The summed E-state index contributed by atoms with van der Waals surface area (Å²) in [7, 11) is 1.63. The number of nitrogens with zero attached hydrogens (tertiary/aromatic N) is 2. The van der Waals surface area contributed by atoms with Crippen LogP contribution in [0.2, 0.25) is 10.0 Å². The molecule has 0 spiro atoms. The Morgan fingerprint density at radius 3 is 2.24 bits per heavy atom. The van der Waals surface area contributed by atoms with Gasteiger partial charge in [-0.15, -0.1) is 0 Å². The zero-order valence-electron chi connectivity index (χ0n) is 23.7. The lowest BCUT2D eigenvalue weighted by Crippen LogP contribution is -2.49. The molecule has 2 amide bonds. The average molecular weight is 610 g/mol. The highest BCUT2D eigenvalue weighted by atomic mass is 35.5. The minimum Gasteiger partial charge on any atom is -0.370 e. The van der Waals surface area contributed by atoms with Crippen molar-refractivity contribution < 1.29 is 9.59 Å². The highest BCUT2D eigenvalue weighted by Gasteiger charge is 2.32. The van der Waals surface area contributed by atoms with Crippen molar-refractivity contribution in [2.75, 3.05) is 33.2 Å². The summed E-state index contributed by atoms with van der Waals surface area (Å²) in [6.07, 6.45) is 2.01. The van der Waals surface area contributed by atoms with Gasteiger partial charge in [0.15, 0.2) is 5.96 Å². The zero-order chi connectivity index (χ0) is 29.9. The van der Waals surface area contributed by atoms with Crippen molar-refractivity contribution in [3.8, 4) is 0 Å². The van der Waals surface area contributed by atoms with E-state index < -0.39 is 6.04 Å². The molecule has 0 saturated carbocycles. The van der Waals surface area contributed by atoms with Crippen LogP contribution < -0.4 is 21.7 Å². The van der Waals surface area contributed by atoms with E-state index in [0.717, 1.165) is 11.1 Å². The van der Waals surface area contributed by atoms with Gasteiger partial charge in [0.05, 0.1) is 6.04 Å². The minimum absolute atomic E-state index is 0.0306. The van der Waals surface area contributed by atoms with Gasteiger partial charge in [0.2, 0.25) is 5.91 Å². The number of hydrogen-bond donors (Lipinski definition) is 4. The molecule has 42 heavy (non-hydrogen) atoms. The first-order valence-corrected chi connectivity index (χ1v) is 14.9. The number of benzene rings is 3. The van der Waals surface area contributed by atoms with Crippen LogP contribution in [0.3, 0.4) is 0 Å². The van der Waals surface area contributed by atoms with Crippen LogP contribution in [0.25, 0.3) is 0 Å². The van der Waals surface area contributed by atoms with Gasteiger partial charge in [-0.25, -0.2) is 0 Å². The van der Waals surface area contributed by atoms with Gasteiger partial charge in [0.25, 0.3) is 5.91 Å². The molecule has 2 unspecified atom stereocenters. The lowest BCUT2D eigenvalue weighted by molar-refractivity contribution is -0.133. The monoisotopic (exact) mass is 608 g/mol. The van der Waals surface area contributed by atoms with Crippen LogP contribution in [-0.4, -0.2) is 68.0 Å². The van der Waals surface area contributed by atoms with Gasteiger partial charge in [-0.05, 0) is 48.6 Å². The van der Waals surface area contributed by atoms with Crippen molar-refractivity contribution in [2.24, 2.45) is 10.7 Å². The second-order valence-electron chi connectivity index (χ2n) is 10.4. The topological polar surface area (TPSA) is 112 Å². The van der Waals surface area contributed by atoms with E-state index in [1.165, 1.54) is 0 Å². The Morgan fingerprint density at radius 1 is 1.02 bits per heavy atom. The van der Waals surface area contributed by atoms with E-state index in [2.05, 4.69) is 45.2 Å². The van der Waals surface area contributed by atoms with E-state index in [4.69, 9.17) is 28.9 Å². The maximum Gasteiger partial charge on any atom is 0.251 e. The fourth-order valence-electron chi connectivity index (χ4n) is 5.23. The third-order valence-electron chi connectivity index (χ3n) is 7.45. The molecule has 4 rings (SSSR count). The van der Waals surface area contributed by atoms with Crippen LogP contribution in [0.5, 0.6) is 0 Å². The number of nitrogens with one attached hydrogen (secondary N) is 3. The van der Waals surface area contributed by atoms with Crippen LogP contribution in [0, 0.1) is 0 Å². The molecule has 3 aromatic rings. The first kappa shape index (κ1) is 31.3. The van der Waals surface area contributed by atoms with Crippen LogP contribution in [0.4, 0.5) is 0 Å². The molecule has 222 valence electrons. The molecular formula is C32H38Cl2N6O2. The summed E-state index contributed by atoms with van der Waals surface area (Å²) in [4.78, 5) is 32.8. The second kappa shape index (κ2) is 15.6. The van der Waals surface area contributed by atoms with E-state index in [-0.39, 0.29) is 23.8 Å². The van der Waals surface area contributed by atoms with Crippen molar-refractivity contribution >= 4 is 41.0 Å². The first-order chi connectivity index (χ1) is 20.3. The Balaban J connectivity index is 1.50. The molecular weight excluding hydrogens is 571 g/mol. The van der Waals surface area contributed by atoms with Crippen molar-refractivity contribution in [3.63, 3.8) is 0 Å².